The number of aliphatic imine (C=N–C) groups is 2. The summed E-state index contributed by atoms with van der Waals surface area (Å²) < 4.78 is 0. The van der Waals surface area contributed by atoms with E-state index in [9.17, 15) is 9.59 Å². The maximum absolute atomic E-state index is 12.4. The molecule has 0 radical (unpaired) electrons. The molecule has 0 unspecified atom stereocenters. The molecule has 2 heterocycles. The fraction of sp³-hybridized carbons (Fsp3) is 0.154. The number of benzene rings is 3. The lowest BCUT2D eigenvalue weighted by molar-refractivity contribution is 0.261. The van der Waals surface area contributed by atoms with Gasteiger partial charge in [-0.2, -0.15) is 0 Å². The number of hydrogen-bond donors (Lipinski definition) is 6. The van der Waals surface area contributed by atoms with Gasteiger partial charge in [0.1, 0.15) is 11.7 Å². The lowest BCUT2D eigenvalue weighted by Gasteiger charge is -2.11. The number of carbonyl (C=O) groups is 2. The van der Waals surface area contributed by atoms with E-state index >= 15 is 0 Å². The van der Waals surface area contributed by atoms with Crippen molar-refractivity contribution in [1.29, 1.82) is 0 Å². The second-order valence-corrected chi connectivity index (χ2v) is 8.21. The third-order valence-electron chi connectivity index (χ3n) is 5.56. The van der Waals surface area contributed by atoms with E-state index in [1.165, 1.54) is 0 Å². The van der Waals surface area contributed by atoms with Crippen LogP contribution in [-0.2, 0) is 0 Å². The van der Waals surface area contributed by atoms with Crippen LogP contribution in [0.1, 0.15) is 11.1 Å². The number of hydrogen-bond acceptors (Lipinski definition) is 6. The molecule has 4 amide bonds. The number of carbonyl (C=O) groups excluding carboxylic acids is 2. The summed E-state index contributed by atoms with van der Waals surface area (Å²) >= 11 is 0. The molecule has 5 rings (SSSR count). The summed E-state index contributed by atoms with van der Waals surface area (Å²) in [5.41, 5.74) is 4.43. The van der Waals surface area contributed by atoms with Crippen molar-refractivity contribution in [2.24, 2.45) is 9.98 Å². The van der Waals surface area contributed by atoms with Crippen molar-refractivity contribution in [2.75, 3.05) is 47.4 Å². The number of halogens is 1. The first-order valence-corrected chi connectivity index (χ1v) is 11.7. The lowest BCUT2D eigenvalue weighted by Crippen LogP contribution is -2.21. The molecular formula is C26H27ClN8O2. The van der Waals surface area contributed by atoms with Gasteiger partial charge in [-0.15, -0.1) is 12.4 Å². The van der Waals surface area contributed by atoms with Gasteiger partial charge in [-0.05, 0) is 60.7 Å². The predicted octanol–water partition coefficient (Wildman–Crippen LogP) is 4.10. The molecule has 190 valence electrons. The number of anilines is 4. The van der Waals surface area contributed by atoms with E-state index in [0.717, 1.165) is 49.0 Å². The number of nitrogens with one attached hydrogen (secondary N) is 6. The Morgan fingerprint density at radius 3 is 1.54 bits per heavy atom. The molecule has 0 aromatic heterocycles. The Bertz CT molecular complexity index is 1320. The molecule has 6 N–H and O–H groups in total. The second-order valence-electron chi connectivity index (χ2n) is 8.21. The first kappa shape index (κ1) is 25.5. The standard InChI is InChI=1S/C26H26N8O2.ClH/c35-25(31-19-6-4-17(5-7-19)23-27-12-13-28-23)32-20-8-10-21(11-9-20)33-26(36)34-22-3-1-2-18(16-22)24-29-14-15-30-24;/h1-11,16H,12-15H2,(H,27,28)(H,29,30)(H2,31,32,35)(H2,33,34,36);1H. The van der Waals surface area contributed by atoms with E-state index < -0.39 is 0 Å². The van der Waals surface area contributed by atoms with Gasteiger partial charge < -0.3 is 31.9 Å². The molecule has 0 bridgehead atoms. The third-order valence-corrected chi connectivity index (χ3v) is 5.56. The highest BCUT2D eigenvalue weighted by Gasteiger charge is 2.11. The van der Waals surface area contributed by atoms with Gasteiger partial charge in [-0.1, -0.05) is 12.1 Å². The summed E-state index contributed by atoms with van der Waals surface area (Å²) in [6.07, 6.45) is 0. The first-order valence-electron chi connectivity index (χ1n) is 11.7. The highest BCUT2D eigenvalue weighted by atomic mass is 35.5. The van der Waals surface area contributed by atoms with Gasteiger partial charge in [-0.3, -0.25) is 9.98 Å². The van der Waals surface area contributed by atoms with Crippen LogP contribution in [0.2, 0.25) is 0 Å². The molecule has 2 aliphatic heterocycles. The summed E-state index contributed by atoms with van der Waals surface area (Å²) in [5, 5.41) is 17.6. The normalized spacial score (nSPS) is 13.7. The summed E-state index contributed by atoms with van der Waals surface area (Å²) in [5.74, 6) is 1.71. The molecule has 0 atom stereocenters. The van der Waals surface area contributed by atoms with Crippen LogP contribution in [0.3, 0.4) is 0 Å². The fourth-order valence-corrected chi connectivity index (χ4v) is 3.86. The SMILES string of the molecule is Cl.O=C(Nc1ccc(NC(=O)Nc2cccc(C3=NCCN3)c2)cc1)Nc1ccc(C2=NCCN2)cc1. The number of amidine groups is 2. The van der Waals surface area contributed by atoms with Gasteiger partial charge in [-0.25, -0.2) is 9.59 Å². The number of amides is 4. The highest BCUT2D eigenvalue weighted by molar-refractivity contribution is 6.04. The van der Waals surface area contributed by atoms with E-state index in [0.29, 0.717) is 22.7 Å². The molecule has 0 saturated heterocycles. The topological polar surface area (TPSA) is 131 Å². The summed E-state index contributed by atoms with van der Waals surface area (Å²) in [6.45, 7) is 3.20. The van der Waals surface area contributed by atoms with E-state index in [-0.39, 0.29) is 24.5 Å². The smallest absolute Gasteiger partial charge is 0.323 e. The van der Waals surface area contributed by atoms with Crippen LogP contribution in [0.25, 0.3) is 0 Å². The predicted molar refractivity (Wildman–Crippen MR) is 151 cm³/mol. The van der Waals surface area contributed by atoms with Crippen molar-refractivity contribution in [3.05, 3.63) is 83.9 Å². The van der Waals surface area contributed by atoms with Crippen molar-refractivity contribution in [1.82, 2.24) is 10.6 Å². The monoisotopic (exact) mass is 518 g/mol. The summed E-state index contributed by atoms with van der Waals surface area (Å²) in [6, 6.07) is 21.1. The molecular weight excluding hydrogens is 492 g/mol. The van der Waals surface area contributed by atoms with Gasteiger partial charge in [0, 0.05) is 47.0 Å². The minimum atomic E-state index is -0.367. The summed E-state index contributed by atoms with van der Waals surface area (Å²) in [7, 11) is 0. The largest absolute Gasteiger partial charge is 0.368 e. The van der Waals surface area contributed by atoms with Crippen LogP contribution in [-0.4, -0.2) is 49.9 Å². The molecule has 0 saturated carbocycles. The van der Waals surface area contributed by atoms with Crippen LogP contribution >= 0.6 is 12.4 Å². The number of rotatable bonds is 6. The van der Waals surface area contributed by atoms with Gasteiger partial charge in [0.05, 0.1) is 13.1 Å². The summed E-state index contributed by atoms with van der Waals surface area (Å²) in [4.78, 5) is 33.6. The van der Waals surface area contributed by atoms with Crippen molar-refractivity contribution in [3.8, 4) is 0 Å². The molecule has 10 nitrogen and oxygen atoms in total. The number of nitrogens with zero attached hydrogens (tertiary/aromatic N) is 2. The van der Waals surface area contributed by atoms with E-state index in [2.05, 4.69) is 41.9 Å². The van der Waals surface area contributed by atoms with Crippen LogP contribution in [0.15, 0.2) is 82.8 Å². The zero-order valence-electron chi connectivity index (χ0n) is 19.9. The van der Waals surface area contributed by atoms with Gasteiger partial charge in [0.25, 0.3) is 0 Å². The quantitative estimate of drug-likeness (QED) is 0.293. The Morgan fingerprint density at radius 2 is 1.05 bits per heavy atom. The molecule has 37 heavy (non-hydrogen) atoms. The maximum atomic E-state index is 12.4. The highest BCUT2D eigenvalue weighted by Crippen LogP contribution is 2.17. The van der Waals surface area contributed by atoms with Crippen LogP contribution in [0.4, 0.5) is 32.3 Å². The molecule has 3 aromatic rings. The fourth-order valence-electron chi connectivity index (χ4n) is 3.86. The Labute approximate surface area is 220 Å². The van der Waals surface area contributed by atoms with Crippen molar-refractivity contribution < 1.29 is 9.59 Å². The van der Waals surface area contributed by atoms with Crippen LogP contribution in [0.5, 0.6) is 0 Å². The molecule has 0 spiro atoms. The first-order chi connectivity index (χ1) is 17.6. The van der Waals surface area contributed by atoms with Gasteiger partial charge in [0.2, 0.25) is 0 Å². The maximum Gasteiger partial charge on any atom is 0.323 e. The van der Waals surface area contributed by atoms with Crippen molar-refractivity contribution in [3.63, 3.8) is 0 Å². The molecule has 0 fully saturated rings. The number of urea groups is 2. The van der Waals surface area contributed by atoms with E-state index in [1.807, 2.05) is 48.5 Å². The van der Waals surface area contributed by atoms with Gasteiger partial charge in [0.15, 0.2) is 0 Å². The Morgan fingerprint density at radius 1 is 0.595 bits per heavy atom. The van der Waals surface area contributed by atoms with Crippen molar-refractivity contribution >= 4 is 58.9 Å². The van der Waals surface area contributed by atoms with E-state index in [1.54, 1.807) is 24.3 Å². The van der Waals surface area contributed by atoms with Crippen molar-refractivity contribution in [2.45, 2.75) is 0 Å². The minimum Gasteiger partial charge on any atom is -0.368 e. The Hall–Kier alpha value is -4.57. The Kier molecular flexibility index (Phi) is 8.22. The lowest BCUT2D eigenvalue weighted by atomic mass is 10.2. The van der Waals surface area contributed by atoms with E-state index in [4.69, 9.17) is 0 Å². The van der Waals surface area contributed by atoms with Crippen LogP contribution in [0, 0.1) is 0 Å². The molecule has 11 heteroatoms. The second kappa shape index (κ2) is 11.9. The minimum absolute atomic E-state index is 0. The molecule has 3 aromatic carbocycles. The zero-order valence-corrected chi connectivity index (χ0v) is 20.7. The third kappa shape index (κ3) is 6.77. The van der Waals surface area contributed by atoms with Gasteiger partial charge >= 0.3 is 12.1 Å². The average molecular weight is 519 g/mol. The van der Waals surface area contributed by atoms with Crippen LogP contribution < -0.4 is 31.9 Å². The molecule has 2 aliphatic rings. The Balaban J connectivity index is 0.00000320. The molecule has 0 aliphatic carbocycles. The zero-order chi connectivity index (χ0) is 24.7. The average Bonchev–Trinajstić information content (AvgIpc) is 3.61.